The lowest BCUT2D eigenvalue weighted by molar-refractivity contribution is 0.102. The normalized spacial score (nSPS) is 10.4. The van der Waals surface area contributed by atoms with Gasteiger partial charge in [0.05, 0.1) is 36.8 Å². The molecule has 3 aromatic carbocycles. The zero-order chi connectivity index (χ0) is 23.2. The molecule has 0 spiro atoms. The van der Waals surface area contributed by atoms with E-state index in [1.807, 2.05) is 30.3 Å². The first-order chi connectivity index (χ1) is 16.1. The van der Waals surface area contributed by atoms with Crippen LogP contribution in [0.1, 0.15) is 10.4 Å². The summed E-state index contributed by atoms with van der Waals surface area (Å²) in [6, 6.07) is 20.8. The summed E-state index contributed by atoms with van der Waals surface area (Å²) in [5, 5.41) is 9.30. The zero-order valence-corrected chi connectivity index (χ0v) is 18.1. The van der Waals surface area contributed by atoms with E-state index in [4.69, 9.17) is 9.47 Å². The van der Waals surface area contributed by atoms with Gasteiger partial charge in [-0.05, 0) is 24.3 Å². The van der Waals surface area contributed by atoms with Crippen LogP contribution in [-0.4, -0.2) is 31.1 Å². The summed E-state index contributed by atoms with van der Waals surface area (Å²) in [4.78, 5) is 29.6. The van der Waals surface area contributed by atoms with Gasteiger partial charge in [0.15, 0.2) is 0 Å². The van der Waals surface area contributed by atoms with Gasteiger partial charge in [-0.25, -0.2) is 4.79 Å². The zero-order valence-electron chi connectivity index (χ0n) is 18.1. The second-order valence-electron chi connectivity index (χ2n) is 7.03. The van der Waals surface area contributed by atoms with Crippen molar-refractivity contribution in [1.82, 2.24) is 4.98 Å². The predicted octanol–water partition coefficient (Wildman–Crippen LogP) is 5.15. The number of anilines is 3. The van der Waals surface area contributed by atoms with E-state index in [9.17, 15) is 9.59 Å². The van der Waals surface area contributed by atoms with Crippen LogP contribution >= 0.6 is 0 Å². The van der Waals surface area contributed by atoms with E-state index in [1.54, 1.807) is 48.7 Å². The van der Waals surface area contributed by atoms with Crippen LogP contribution in [0.3, 0.4) is 0 Å². The Hall–Kier alpha value is -4.59. The van der Waals surface area contributed by atoms with Gasteiger partial charge in [-0.3, -0.25) is 9.78 Å². The number of fused-ring (bicyclic) bond motifs is 1. The fraction of sp³-hybridized carbons (Fsp3) is 0.0800. The summed E-state index contributed by atoms with van der Waals surface area (Å²) in [5.74, 6) is 0.422. The molecule has 0 aliphatic rings. The van der Waals surface area contributed by atoms with Crippen molar-refractivity contribution in [3.05, 3.63) is 84.6 Å². The topological polar surface area (TPSA) is 102 Å². The monoisotopic (exact) mass is 442 g/mol. The van der Waals surface area contributed by atoms with Crippen molar-refractivity contribution < 1.29 is 19.1 Å². The van der Waals surface area contributed by atoms with E-state index in [-0.39, 0.29) is 5.91 Å². The highest BCUT2D eigenvalue weighted by Gasteiger charge is 2.16. The minimum Gasteiger partial charge on any atom is -0.494 e. The number of urea groups is 1. The van der Waals surface area contributed by atoms with Gasteiger partial charge < -0.3 is 25.4 Å². The van der Waals surface area contributed by atoms with Crippen molar-refractivity contribution in [2.75, 3.05) is 30.2 Å². The molecule has 8 nitrogen and oxygen atoms in total. The van der Waals surface area contributed by atoms with Crippen molar-refractivity contribution >= 4 is 39.9 Å². The van der Waals surface area contributed by atoms with Gasteiger partial charge in [0.1, 0.15) is 11.5 Å². The predicted molar refractivity (Wildman–Crippen MR) is 128 cm³/mol. The largest absolute Gasteiger partial charge is 0.494 e. The third kappa shape index (κ3) is 4.85. The molecular weight excluding hydrogens is 420 g/mol. The molecule has 1 aromatic heterocycles. The van der Waals surface area contributed by atoms with E-state index < -0.39 is 6.03 Å². The highest BCUT2D eigenvalue weighted by Crippen LogP contribution is 2.37. The second kappa shape index (κ2) is 9.69. The molecule has 0 atom stereocenters. The summed E-state index contributed by atoms with van der Waals surface area (Å²) < 4.78 is 10.9. The van der Waals surface area contributed by atoms with Gasteiger partial charge in [0.25, 0.3) is 5.91 Å². The van der Waals surface area contributed by atoms with Crippen LogP contribution in [0, 0.1) is 0 Å². The van der Waals surface area contributed by atoms with Crippen molar-refractivity contribution in [1.29, 1.82) is 0 Å². The first-order valence-corrected chi connectivity index (χ1v) is 10.1. The summed E-state index contributed by atoms with van der Waals surface area (Å²) in [5.41, 5.74) is 2.54. The lowest BCUT2D eigenvalue weighted by Crippen LogP contribution is -2.20. The smallest absolute Gasteiger partial charge is 0.323 e. The molecule has 166 valence electrons. The second-order valence-corrected chi connectivity index (χ2v) is 7.03. The van der Waals surface area contributed by atoms with E-state index in [0.717, 1.165) is 5.39 Å². The highest BCUT2D eigenvalue weighted by atomic mass is 16.5. The number of carbonyl (C=O) groups excluding carboxylic acids is 2. The molecule has 33 heavy (non-hydrogen) atoms. The third-order valence-corrected chi connectivity index (χ3v) is 4.93. The molecule has 3 amide bonds. The molecule has 0 aliphatic heterocycles. The molecule has 0 fully saturated rings. The van der Waals surface area contributed by atoms with Crippen LogP contribution in [0.25, 0.3) is 10.9 Å². The molecule has 4 rings (SSSR count). The molecule has 8 heteroatoms. The summed E-state index contributed by atoms with van der Waals surface area (Å²) in [6.45, 7) is 0. The summed E-state index contributed by atoms with van der Waals surface area (Å²) in [6.07, 6.45) is 1.67. The minimum absolute atomic E-state index is 0.294. The number of nitrogens with zero attached hydrogens (tertiary/aromatic N) is 1. The maximum absolute atomic E-state index is 12.7. The van der Waals surface area contributed by atoms with E-state index in [2.05, 4.69) is 20.9 Å². The standard InChI is InChI=1S/C25H22N4O4/c1-32-21-15-20(22(33-2)14-19(21)27-24(30)17-8-4-3-5-9-17)29-25(31)28-18-12-6-10-16-11-7-13-26-23(16)18/h3-15H,1-2H3,(H,27,30)(H2,28,29,31). The lowest BCUT2D eigenvalue weighted by atomic mass is 10.2. The maximum Gasteiger partial charge on any atom is 0.323 e. The SMILES string of the molecule is COc1cc(NC(=O)c2ccccc2)c(OC)cc1NC(=O)Nc1cccc2cccnc12. The number of carbonyl (C=O) groups is 2. The van der Waals surface area contributed by atoms with Gasteiger partial charge >= 0.3 is 6.03 Å². The molecule has 1 heterocycles. The van der Waals surface area contributed by atoms with Crippen LogP contribution in [0.4, 0.5) is 21.9 Å². The molecule has 0 radical (unpaired) electrons. The van der Waals surface area contributed by atoms with Crippen LogP contribution in [0.5, 0.6) is 11.5 Å². The van der Waals surface area contributed by atoms with Gasteiger partial charge in [0.2, 0.25) is 0 Å². The Balaban J connectivity index is 1.56. The van der Waals surface area contributed by atoms with Gasteiger partial charge in [-0.1, -0.05) is 36.4 Å². The van der Waals surface area contributed by atoms with Gasteiger partial charge in [-0.15, -0.1) is 0 Å². The Kier molecular flexibility index (Phi) is 6.36. The van der Waals surface area contributed by atoms with Crippen LogP contribution in [0.2, 0.25) is 0 Å². The molecule has 0 saturated heterocycles. The minimum atomic E-state index is -0.477. The number of hydrogen-bond donors (Lipinski definition) is 3. The number of para-hydroxylation sites is 1. The molecule has 0 saturated carbocycles. The number of benzene rings is 3. The van der Waals surface area contributed by atoms with Crippen LogP contribution in [0.15, 0.2) is 79.0 Å². The van der Waals surface area contributed by atoms with E-state index in [1.165, 1.54) is 14.2 Å². The Labute approximate surface area is 190 Å². The van der Waals surface area contributed by atoms with Crippen LogP contribution < -0.4 is 25.4 Å². The lowest BCUT2D eigenvalue weighted by Gasteiger charge is -2.17. The molecule has 0 unspecified atom stereocenters. The Bertz CT molecular complexity index is 1300. The van der Waals surface area contributed by atoms with Gasteiger partial charge in [0, 0.05) is 29.3 Å². The van der Waals surface area contributed by atoms with E-state index in [0.29, 0.717) is 39.6 Å². The fourth-order valence-electron chi connectivity index (χ4n) is 3.36. The number of rotatable bonds is 6. The molecule has 0 aliphatic carbocycles. The Morgan fingerprint density at radius 3 is 2.06 bits per heavy atom. The Morgan fingerprint density at radius 2 is 1.36 bits per heavy atom. The highest BCUT2D eigenvalue weighted by molar-refractivity contribution is 6.07. The number of nitrogens with one attached hydrogen (secondary N) is 3. The number of aromatic nitrogens is 1. The van der Waals surface area contributed by atoms with E-state index >= 15 is 0 Å². The first kappa shape index (κ1) is 21.6. The number of ether oxygens (including phenoxy) is 2. The van der Waals surface area contributed by atoms with Crippen molar-refractivity contribution in [2.45, 2.75) is 0 Å². The number of pyridine rings is 1. The quantitative estimate of drug-likeness (QED) is 0.383. The average Bonchev–Trinajstić information content (AvgIpc) is 2.85. The van der Waals surface area contributed by atoms with Gasteiger partial charge in [-0.2, -0.15) is 0 Å². The number of amides is 3. The van der Waals surface area contributed by atoms with Crippen molar-refractivity contribution in [2.24, 2.45) is 0 Å². The fourth-order valence-corrected chi connectivity index (χ4v) is 3.36. The van der Waals surface area contributed by atoms with Crippen LogP contribution in [-0.2, 0) is 0 Å². The molecule has 4 aromatic rings. The third-order valence-electron chi connectivity index (χ3n) is 4.93. The Morgan fingerprint density at radius 1 is 0.727 bits per heavy atom. The molecule has 3 N–H and O–H groups in total. The average molecular weight is 442 g/mol. The summed E-state index contributed by atoms with van der Waals surface area (Å²) >= 11 is 0. The number of hydrogen-bond acceptors (Lipinski definition) is 5. The molecular formula is C25H22N4O4. The number of methoxy groups -OCH3 is 2. The van der Waals surface area contributed by atoms with Crippen molar-refractivity contribution in [3.8, 4) is 11.5 Å². The maximum atomic E-state index is 12.7. The van der Waals surface area contributed by atoms with Crippen molar-refractivity contribution in [3.63, 3.8) is 0 Å². The summed E-state index contributed by atoms with van der Waals surface area (Å²) in [7, 11) is 2.95. The first-order valence-electron chi connectivity index (χ1n) is 10.1. The molecule has 0 bridgehead atoms.